The highest BCUT2D eigenvalue weighted by Gasteiger charge is 2.17. The van der Waals surface area contributed by atoms with E-state index >= 15 is 0 Å². The maximum absolute atomic E-state index is 11.1. The third-order valence-corrected chi connectivity index (χ3v) is 2.35. The number of carbonyl (C=O) groups excluding carboxylic acids is 2. The molecule has 0 aliphatic carbocycles. The van der Waals surface area contributed by atoms with Crippen LogP contribution in [0.3, 0.4) is 0 Å². The van der Waals surface area contributed by atoms with Crippen LogP contribution in [0.4, 0.5) is 0 Å². The van der Waals surface area contributed by atoms with E-state index in [1.165, 1.54) is 6.92 Å². The van der Waals surface area contributed by atoms with Crippen LogP contribution in [0.25, 0.3) is 0 Å². The molecule has 0 bridgehead atoms. The first kappa shape index (κ1) is 12.2. The van der Waals surface area contributed by atoms with Crippen molar-refractivity contribution in [2.24, 2.45) is 11.7 Å². The topological polar surface area (TPSA) is 80.4 Å². The summed E-state index contributed by atoms with van der Waals surface area (Å²) >= 11 is 0. The molecule has 1 amide bonds. The predicted molar refractivity (Wildman–Crippen MR) is 59.8 cm³/mol. The molecule has 1 atom stereocenters. The van der Waals surface area contributed by atoms with E-state index in [0.29, 0.717) is 6.42 Å². The van der Waals surface area contributed by atoms with Crippen LogP contribution >= 0.6 is 0 Å². The highest BCUT2D eigenvalue weighted by Crippen LogP contribution is 2.15. The van der Waals surface area contributed by atoms with E-state index in [2.05, 4.69) is 0 Å². The van der Waals surface area contributed by atoms with Crippen molar-refractivity contribution in [2.45, 2.75) is 19.8 Å². The van der Waals surface area contributed by atoms with Gasteiger partial charge in [0.05, 0.1) is 0 Å². The SMILES string of the molecule is CC(=O)C[C@@H](Cc1ccc(O)cc1)C(N)=O. The summed E-state index contributed by atoms with van der Waals surface area (Å²) in [5.41, 5.74) is 6.10. The molecule has 0 unspecified atom stereocenters. The van der Waals surface area contributed by atoms with Gasteiger partial charge in [-0.25, -0.2) is 0 Å². The highest BCUT2D eigenvalue weighted by atomic mass is 16.3. The molecule has 0 saturated heterocycles. The minimum atomic E-state index is -0.470. The van der Waals surface area contributed by atoms with Crippen molar-refractivity contribution in [2.75, 3.05) is 0 Å². The molecule has 3 N–H and O–H groups in total. The third-order valence-electron chi connectivity index (χ3n) is 2.35. The Morgan fingerprint density at radius 1 is 1.31 bits per heavy atom. The van der Waals surface area contributed by atoms with Gasteiger partial charge in [-0.1, -0.05) is 12.1 Å². The van der Waals surface area contributed by atoms with E-state index in [0.717, 1.165) is 5.56 Å². The first-order valence-corrected chi connectivity index (χ1v) is 5.05. The Bertz CT molecular complexity index is 384. The van der Waals surface area contributed by atoms with Gasteiger partial charge in [-0.05, 0) is 31.0 Å². The van der Waals surface area contributed by atoms with Crippen molar-refractivity contribution in [1.82, 2.24) is 0 Å². The molecule has 0 heterocycles. The smallest absolute Gasteiger partial charge is 0.221 e. The van der Waals surface area contributed by atoms with Gasteiger partial charge in [0.2, 0.25) is 5.91 Å². The number of amides is 1. The molecule has 1 aromatic rings. The molecule has 0 fully saturated rings. The van der Waals surface area contributed by atoms with Crippen LogP contribution in [0.5, 0.6) is 5.75 Å². The second-order valence-corrected chi connectivity index (χ2v) is 3.88. The fraction of sp³-hybridized carbons (Fsp3) is 0.333. The zero-order chi connectivity index (χ0) is 12.1. The number of carbonyl (C=O) groups is 2. The van der Waals surface area contributed by atoms with E-state index in [9.17, 15) is 9.59 Å². The first-order valence-electron chi connectivity index (χ1n) is 5.05. The molecule has 1 rings (SSSR count). The van der Waals surface area contributed by atoms with E-state index < -0.39 is 11.8 Å². The van der Waals surface area contributed by atoms with Gasteiger partial charge in [-0.3, -0.25) is 4.79 Å². The molecule has 86 valence electrons. The quantitative estimate of drug-likeness (QED) is 0.778. The summed E-state index contributed by atoms with van der Waals surface area (Å²) in [5.74, 6) is -0.821. The Morgan fingerprint density at radius 3 is 2.31 bits per heavy atom. The van der Waals surface area contributed by atoms with Gasteiger partial charge < -0.3 is 15.6 Å². The Labute approximate surface area is 94.1 Å². The number of aromatic hydroxyl groups is 1. The number of phenols is 1. The maximum Gasteiger partial charge on any atom is 0.221 e. The van der Waals surface area contributed by atoms with Crippen molar-refractivity contribution < 1.29 is 14.7 Å². The summed E-state index contributed by atoms with van der Waals surface area (Å²) in [6, 6.07) is 6.51. The molecule has 0 spiro atoms. The van der Waals surface area contributed by atoms with Gasteiger partial charge in [0.15, 0.2) is 0 Å². The van der Waals surface area contributed by atoms with Gasteiger partial charge in [0.1, 0.15) is 11.5 Å². The number of hydrogen-bond donors (Lipinski definition) is 2. The van der Waals surface area contributed by atoms with E-state index in [4.69, 9.17) is 10.8 Å². The Balaban J connectivity index is 2.71. The normalized spacial score (nSPS) is 12.1. The van der Waals surface area contributed by atoms with E-state index in [1.807, 2.05) is 0 Å². The molecule has 1 aromatic carbocycles. The van der Waals surface area contributed by atoms with Crippen LogP contribution < -0.4 is 5.73 Å². The van der Waals surface area contributed by atoms with Crippen LogP contribution in [0.1, 0.15) is 18.9 Å². The second kappa shape index (κ2) is 5.30. The van der Waals surface area contributed by atoms with Crippen molar-refractivity contribution in [3.63, 3.8) is 0 Å². The molecule has 0 aliphatic rings. The molecule has 0 saturated carbocycles. The van der Waals surface area contributed by atoms with E-state index in [1.54, 1.807) is 24.3 Å². The van der Waals surface area contributed by atoms with Crippen LogP contribution in [0, 0.1) is 5.92 Å². The second-order valence-electron chi connectivity index (χ2n) is 3.88. The standard InChI is InChI=1S/C12H15NO3/c1-8(14)6-10(12(13)16)7-9-2-4-11(15)5-3-9/h2-5,10,15H,6-7H2,1H3,(H2,13,16)/t10-/m0/s1. The number of primary amides is 1. The summed E-state index contributed by atoms with van der Waals surface area (Å²) in [4.78, 5) is 22.1. The Hall–Kier alpha value is -1.84. The lowest BCUT2D eigenvalue weighted by molar-refractivity contribution is -0.126. The molecule has 16 heavy (non-hydrogen) atoms. The zero-order valence-electron chi connectivity index (χ0n) is 9.14. The number of hydrogen-bond acceptors (Lipinski definition) is 3. The average Bonchev–Trinajstić information content (AvgIpc) is 2.19. The summed E-state index contributed by atoms with van der Waals surface area (Å²) in [5, 5.41) is 9.10. The molecule has 4 heteroatoms. The predicted octanol–water partition coefficient (Wildman–Crippen LogP) is 1.02. The van der Waals surface area contributed by atoms with Crippen LogP contribution in [-0.2, 0) is 16.0 Å². The Kier molecular flexibility index (Phi) is 4.05. The third kappa shape index (κ3) is 3.73. The fourth-order valence-corrected chi connectivity index (χ4v) is 1.54. The maximum atomic E-state index is 11.1. The molecule has 0 aromatic heterocycles. The molecule has 0 radical (unpaired) electrons. The number of Topliss-reactive ketones (excluding diaryl/α,β-unsaturated/α-hetero) is 1. The summed E-state index contributed by atoms with van der Waals surface area (Å²) < 4.78 is 0. The number of phenolic OH excluding ortho intramolecular Hbond substituents is 1. The first-order chi connectivity index (χ1) is 7.49. The van der Waals surface area contributed by atoms with Gasteiger partial charge in [-0.15, -0.1) is 0 Å². The molecular formula is C12H15NO3. The summed E-state index contributed by atoms with van der Waals surface area (Å²) in [6.45, 7) is 1.44. The monoisotopic (exact) mass is 221 g/mol. The number of ketones is 1. The molecule has 4 nitrogen and oxygen atoms in total. The number of rotatable bonds is 5. The van der Waals surface area contributed by atoms with Crippen molar-refractivity contribution in [3.05, 3.63) is 29.8 Å². The number of nitrogens with two attached hydrogens (primary N) is 1. The van der Waals surface area contributed by atoms with Crippen LogP contribution in [0.2, 0.25) is 0 Å². The van der Waals surface area contributed by atoms with Crippen LogP contribution in [0.15, 0.2) is 24.3 Å². The average molecular weight is 221 g/mol. The summed E-state index contributed by atoms with van der Waals surface area (Å²) in [7, 11) is 0. The molecule has 0 aliphatic heterocycles. The lowest BCUT2D eigenvalue weighted by Gasteiger charge is -2.11. The van der Waals surface area contributed by atoms with Gasteiger partial charge in [0.25, 0.3) is 0 Å². The highest BCUT2D eigenvalue weighted by molar-refractivity contribution is 5.84. The van der Waals surface area contributed by atoms with Crippen LogP contribution in [-0.4, -0.2) is 16.8 Å². The minimum Gasteiger partial charge on any atom is -0.508 e. The van der Waals surface area contributed by atoms with Gasteiger partial charge in [0, 0.05) is 12.3 Å². The van der Waals surface area contributed by atoms with E-state index in [-0.39, 0.29) is 18.0 Å². The fourth-order valence-electron chi connectivity index (χ4n) is 1.54. The van der Waals surface area contributed by atoms with Gasteiger partial charge >= 0.3 is 0 Å². The zero-order valence-corrected chi connectivity index (χ0v) is 9.14. The van der Waals surface area contributed by atoms with Crippen molar-refractivity contribution in [3.8, 4) is 5.75 Å². The molecular weight excluding hydrogens is 206 g/mol. The Morgan fingerprint density at radius 2 is 1.88 bits per heavy atom. The lowest BCUT2D eigenvalue weighted by atomic mass is 9.94. The minimum absolute atomic E-state index is 0.0532. The van der Waals surface area contributed by atoms with Gasteiger partial charge in [-0.2, -0.15) is 0 Å². The lowest BCUT2D eigenvalue weighted by Crippen LogP contribution is -2.26. The largest absolute Gasteiger partial charge is 0.508 e. The summed E-state index contributed by atoms with van der Waals surface area (Å²) in [6.07, 6.45) is 0.589. The van der Waals surface area contributed by atoms with Crippen molar-refractivity contribution in [1.29, 1.82) is 0 Å². The van der Waals surface area contributed by atoms with Crippen molar-refractivity contribution >= 4 is 11.7 Å². The number of benzene rings is 1.